The fourth-order valence-electron chi connectivity index (χ4n) is 3.30. The van der Waals surface area contributed by atoms with Gasteiger partial charge in [0, 0.05) is 0 Å². The van der Waals surface area contributed by atoms with Gasteiger partial charge in [0.1, 0.15) is 11.4 Å². The second-order valence-corrected chi connectivity index (χ2v) is 7.90. The number of para-hydroxylation sites is 2. The number of fused-ring (bicyclic) bond motifs is 1. The minimum Gasteiger partial charge on any atom is -0.492 e. The van der Waals surface area contributed by atoms with Gasteiger partial charge < -0.3 is 10.1 Å². The van der Waals surface area contributed by atoms with Gasteiger partial charge in [-0.05, 0) is 58.8 Å². The summed E-state index contributed by atoms with van der Waals surface area (Å²) in [6.07, 6.45) is 0. The second kappa shape index (κ2) is 9.61. The molecule has 4 rings (SSSR count). The smallest absolute Gasteiger partial charge is 0.230 e. The molecule has 1 unspecified atom stereocenters. The molecule has 31 heavy (non-hydrogen) atoms. The van der Waals surface area contributed by atoms with E-state index in [0.717, 1.165) is 16.6 Å². The number of thioether (sulfide) groups is 1. The fourth-order valence-corrected chi connectivity index (χ4v) is 4.00. The van der Waals surface area contributed by atoms with Gasteiger partial charge in [-0.2, -0.15) is 4.68 Å². The average Bonchev–Trinajstić information content (AvgIpc) is 3.26. The van der Waals surface area contributed by atoms with Gasteiger partial charge >= 0.3 is 0 Å². The number of amides is 1. The van der Waals surface area contributed by atoms with Crippen LogP contribution in [-0.2, 0) is 4.79 Å². The van der Waals surface area contributed by atoms with Crippen molar-refractivity contribution in [3.63, 3.8) is 0 Å². The Balaban J connectivity index is 1.41. The van der Waals surface area contributed by atoms with E-state index in [4.69, 9.17) is 4.74 Å². The Morgan fingerprint density at radius 3 is 2.71 bits per heavy atom. The zero-order valence-corrected chi connectivity index (χ0v) is 18.2. The Hall–Kier alpha value is -3.39. The Labute approximate surface area is 184 Å². The molecule has 4 aromatic rings. The lowest BCUT2D eigenvalue weighted by Crippen LogP contribution is -2.28. The highest BCUT2D eigenvalue weighted by Gasteiger charge is 2.16. The molecule has 1 amide bonds. The van der Waals surface area contributed by atoms with E-state index in [1.807, 2.05) is 56.3 Å². The fraction of sp³-hybridized carbons (Fsp3) is 0.217. The topological polar surface area (TPSA) is 81.9 Å². The van der Waals surface area contributed by atoms with Crippen LogP contribution in [0, 0.1) is 0 Å². The first-order valence-electron chi connectivity index (χ1n) is 10.1. The molecule has 158 valence electrons. The molecule has 1 aromatic heterocycles. The average molecular weight is 434 g/mol. The standard InChI is InChI=1S/C23H23N5O2S/c1-3-30-21-11-7-6-10-20(21)28-23(25-26-27-28)31-15-22(29)24-16(2)18-13-12-17-8-4-5-9-19(17)14-18/h4-14,16H,3,15H2,1-2H3,(H,24,29). The minimum absolute atomic E-state index is 0.0849. The number of benzene rings is 3. The number of ether oxygens (including phenoxy) is 1. The highest BCUT2D eigenvalue weighted by Crippen LogP contribution is 2.26. The summed E-state index contributed by atoms with van der Waals surface area (Å²) in [5.74, 6) is 0.807. The molecule has 1 atom stereocenters. The van der Waals surface area contributed by atoms with Crippen molar-refractivity contribution in [3.05, 3.63) is 72.3 Å². The van der Waals surface area contributed by atoms with Gasteiger partial charge in [-0.3, -0.25) is 4.79 Å². The molecule has 0 aliphatic carbocycles. The largest absolute Gasteiger partial charge is 0.492 e. The molecule has 0 fully saturated rings. The number of rotatable bonds is 8. The minimum atomic E-state index is -0.104. The zero-order valence-electron chi connectivity index (χ0n) is 17.4. The summed E-state index contributed by atoms with van der Waals surface area (Å²) in [5.41, 5.74) is 1.80. The maximum absolute atomic E-state index is 12.6. The van der Waals surface area contributed by atoms with Crippen molar-refractivity contribution in [1.82, 2.24) is 25.5 Å². The lowest BCUT2D eigenvalue weighted by atomic mass is 10.0. The third kappa shape index (κ3) is 4.86. The Morgan fingerprint density at radius 2 is 1.87 bits per heavy atom. The van der Waals surface area contributed by atoms with Crippen molar-refractivity contribution < 1.29 is 9.53 Å². The zero-order chi connectivity index (χ0) is 21.6. The number of tetrazole rings is 1. The first-order chi connectivity index (χ1) is 15.2. The van der Waals surface area contributed by atoms with Crippen LogP contribution >= 0.6 is 11.8 Å². The first kappa shape index (κ1) is 20.9. The van der Waals surface area contributed by atoms with Gasteiger partial charge in [-0.1, -0.05) is 60.3 Å². The number of aromatic nitrogens is 4. The van der Waals surface area contributed by atoms with Crippen LogP contribution in [0.1, 0.15) is 25.5 Å². The quantitative estimate of drug-likeness (QED) is 0.420. The lowest BCUT2D eigenvalue weighted by Gasteiger charge is -2.15. The van der Waals surface area contributed by atoms with Crippen LogP contribution in [0.2, 0.25) is 0 Å². The van der Waals surface area contributed by atoms with E-state index < -0.39 is 0 Å². The summed E-state index contributed by atoms with van der Waals surface area (Å²) >= 11 is 1.28. The van der Waals surface area contributed by atoms with Crippen molar-refractivity contribution >= 4 is 28.4 Å². The molecule has 7 nitrogen and oxygen atoms in total. The molecule has 0 bridgehead atoms. The van der Waals surface area contributed by atoms with E-state index in [1.165, 1.54) is 17.1 Å². The van der Waals surface area contributed by atoms with Crippen LogP contribution < -0.4 is 10.1 Å². The predicted molar refractivity (Wildman–Crippen MR) is 122 cm³/mol. The van der Waals surface area contributed by atoms with Crippen LogP contribution in [0.3, 0.4) is 0 Å². The van der Waals surface area contributed by atoms with Crippen molar-refractivity contribution in [1.29, 1.82) is 0 Å². The third-order valence-electron chi connectivity index (χ3n) is 4.82. The van der Waals surface area contributed by atoms with Crippen LogP contribution in [-0.4, -0.2) is 38.5 Å². The molecule has 1 N–H and O–H groups in total. The van der Waals surface area contributed by atoms with Gasteiger partial charge in [-0.15, -0.1) is 5.10 Å². The molecule has 8 heteroatoms. The molecular formula is C23H23N5O2S. The highest BCUT2D eigenvalue weighted by atomic mass is 32.2. The van der Waals surface area contributed by atoms with E-state index in [2.05, 4.69) is 45.1 Å². The number of carbonyl (C=O) groups is 1. The van der Waals surface area contributed by atoms with Crippen molar-refractivity contribution in [2.45, 2.75) is 25.0 Å². The van der Waals surface area contributed by atoms with Crippen LogP contribution in [0.4, 0.5) is 0 Å². The van der Waals surface area contributed by atoms with Gasteiger partial charge in [0.25, 0.3) is 0 Å². The van der Waals surface area contributed by atoms with Crippen LogP contribution in [0.25, 0.3) is 16.5 Å². The van der Waals surface area contributed by atoms with E-state index in [0.29, 0.717) is 17.5 Å². The molecule has 0 spiro atoms. The van der Waals surface area contributed by atoms with Gasteiger partial charge in [0.2, 0.25) is 11.1 Å². The predicted octanol–water partition coefficient (Wildman–Crippen LogP) is 4.18. The van der Waals surface area contributed by atoms with Crippen molar-refractivity contribution in [3.8, 4) is 11.4 Å². The van der Waals surface area contributed by atoms with Crippen molar-refractivity contribution in [2.24, 2.45) is 0 Å². The summed E-state index contributed by atoms with van der Waals surface area (Å²) < 4.78 is 7.26. The summed E-state index contributed by atoms with van der Waals surface area (Å²) in [5, 5.41) is 17.8. The van der Waals surface area contributed by atoms with Crippen molar-refractivity contribution in [2.75, 3.05) is 12.4 Å². The monoisotopic (exact) mass is 433 g/mol. The Bertz CT molecular complexity index is 1190. The third-order valence-corrected chi connectivity index (χ3v) is 5.74. The molecule has 0 saturated carbocycles. The first-order valence-corrected chi connectivity index (χ1v) is 11.1. The van der Waals surface area contributed by atoms with E-state index in [1.54, 1.807) is 4.68 Å². The highest BCUT2D eigenvalue weighted by molar-refractivity contribution is 7.99. The van der Waals surface area contributed by atoms with E-state index in [9.17, 15) is 4.79 Å². The lowest BCUT2D eigenvalue weighted by molar-refractivity contribution is -0.119. The maximum atomic E-state index is 12.6. The molecule has 1 heterocycles. The number of nitrogens with zero attached hydrogens (tertiary/aromatic N) is 4. The number of hydrogen-bond acceptors (Lipinski definition) is 6. The molecule has 0 saturated heterocycles. The van der Waals surface area contributed by atoms with E-state index >= 15 is 0 Å². The summed E-state index contributed by atoms with van der Waals surface area (Å²) in [6, 6.07) is 21.9. The summed E-state index contributed by atoms with van der Waals surface area (Å²) in [7, 11) is 0. The van der Waals surface area contributed by atoms with E-state index in [-0.39, 0.29) is 17.7 Å². The Kier molecular flexibility index (Phi) is 6.47. The van der Waals surface area contributed by atoms with Gasteiger partial charge in [0.15, 0.2) is 0 Å². The molecule has 0 aliphatic heterocycles. The van der Waals surface area contributed by atoms with Crippen LogP contribution in [0.15, 0.2) is 71.9 Å². The summed E-state index contributed by atoms with van der Waals surface area (Å²) in [6.45, 7) is 4.44. The Morgan fingerprint density at radius 1 is 1.10 bits per heavy atom. The maximum Gasteiger partial charge on any atom is 0.230 e. The SMILES string of the molecule is CCOc1ccccc1-n1nnnc1SCC(=O)NC(C)c1ccc2ccccc2c1. The number of carbonyl (C=O) groups excluding carboxylic acids is 1. The number of nitrogens with one attached hydrogen (secondary N) is 1. The van der Waals surface area contributed by atoms with Gasteiger partial charge in [0.05, 0.1) is 18.4 Å². The number of hydrogen-bond donors (Lipinski definition) is 1. The molecule has 0 radical (unpaired) electrons. The van der Waals surface area contributed by atoms with Crippen LogP contribution in [0.5, 0.6) is 5.75 Å². The second-order valence-electron chi connectivity index (χ2n) is 6.96. The molecule has 3 aromatic carbocycles. The summed E-state index contributed by atoms with van der Waals surface area (Å²) in [4.78, 5) is 12.6. The molecular weight excluding hydrogens is 410 g/mol. The molecule has 0 aliphatic rings. The normalized spacial score (nSPS) is 11.9. The van der Waals surface area contributed by atoms with Gasteiger partial charge in [-0.25, -0.2) is 0 Å².